The topological polar surface area (TPSA) is 71.8 Å². The van der Waals surface area contributed by atoms with Gasteiger partial charge in [0.2, 0.25) is 0 Å². The molecule has 0 spiro atoms. The Balaban J connectivity index is 2.08. The molecule has 1 aliphatic rings. The van der Waals surface area contributed by atoms with Gasteiger partial charge in [-0.05, 0) is 31.2 Å². The average Bonchev–Trinajstić information content (AvgIpc) is 3.02. The number of para-hydroxylation sites is 1. The van der Waals surface area contributed by atoms with Crippen molar-refractivity contribution in [1.29, 1.82) is 0 Å². The predicted octanol–water partition coefficient (Wildman–Crippen LogP) is 4.04. The number of benzene rings is 1. The summed E-state index contributed by atoms with van der Waals surface area (Å²) in [4.78, 5) is 12.5. The van der Waals surface area contributed by atoms with E-state index in [0.717, 1.165) is 4.67 Å². The van der Waals surface area contributed by atoms with Crippen LogP contribution in [0.2, 0.25) is 0 Å². The summed E-state index contributed by atoms with van der Waals surface area (Å²) in [6.45, 7) is 1.95. The molecule has 1 aromatic heterocycles. The van der Waals surface area contributed by atoms with Crippen molar-refractivity contribution >= 4 is 24.9 Å². The van der Waals surface area contributed by atoms with Crippen molar-refractivity contribution < 1.29 is 18.3 Å². The quantitative estimate of drug-likeness (QED) is 0.864. The van der Waals surface area contributed by atoms with Gasteiger partial charge in [0.25, 0.3) is 0 Å². The third-order valence-electron chi connectivity index (χ3n) is 3.11. The van der Waals surface area contributed by atoms with E-state index in [-0.39, 0.29) is 6.61 Å². The Bertz CT molecular complexity index is 740. The zero-order valence-electron chi connectivity index (χ0n) is 11.9. The highest BCUT2D eigenvalue weighted by Gasteiger charge is 2.40. The molecule has 7 heteroatoms. The van der Waals surface area contributed by atoms with E-state index in [1.165, 1.54) is 12.1 Å². The third kappa shape index (κ3) is 2.58. The smallest absolute Gasteiger partial charge is 0.334 e. The number of furan rings is 1. The van der Waals surface area contributed by atoms with E-state index >= 15 is 0 Å². The molecule has 2 amide bonds. The number of hydrogen-bond acceptors (Lipinski definition) is 4. The van der Waals surface area contributed by atoms with Crippen molar-refractivity contribution in [3.8, 4) is 0 Å². The number of rotatable bonds is 4. The van der Waals surface area contributed by atoms with Gasteiger partial charge in [-0.2, -0.15) is 0 Å². The number of nitrogens with zero attached hydrogens (tertiary/aromatic N) is 1. The Morgan fingerprint density at radius 2 is 2.00 bits per heavy atom. The van der Waals surface area contributed by atoms with Gasteiger partial charge >= 0.3 is 13.6 Å². The molecule has 0 saturated carbocycles. The SMILES string of the molecule is CCOP1(=O)C=C(c2ccco2)NC(=O)N1c1ccccc1. The minimum Gasteiger partial charge on any atom is -0.463 e. The standard InChI is InChI=1S/C15H15N2O4P/c1-2-21-22(19)11-13(14-9-6-10-20-14)16-15(18)17(22)12-7-4-3-5-8-12/h3-11H,2H2,1H3,(H,16,18). The molecule has 0 saturated heterocycles. The summed E-state index contributed by atoms with van der Waals surface area (Å²) in [6, 6.07) is 11.6. The van der Waals surface area contributed by atoms with Gasteiger partial charge in [0.15, 0.2) is 5.76 Å². The number of anilines is 1. The molecule has 1 unspecified atom stereocenters. The largest absolute Gasteiger partial charge is 0.463 e. The monoisotopic (exact) mass is 318 g/mol. The molecule has 6 nitrogen and oxygen atoms in total. The molecule has 1 N–H and O–H groups in total. The molecular weight excluding hydrogens is 303 g/mol. The first-order chi connectivity index (χ1) is 10.6. The molecule has 0 radical (unpaired) electrons. The molecular formula is C15H15N2O4P. The average molecular weight is 318 g/mol. The highest BCUT2D eigenvalue weighted by Crippen LogP contribution is 2.57. The van der Waals surface area contributed by atoms with Crippen LogP contribution in [0.3, 0.4) is 0 Å². The lowest BCUT2D eigenvalue weighted by atomic mass is 10.3. The van der Waals surface area contributed by atoms with Crippen molar-refractivity contribution in [3.63, 3.8) is 0 Å². The molecule has 1 atom stereocenters. The molecule has 22 heavy (non-hydrogen) atoms. The Morgan fingerprint density at radius 3 is 2.64 bits per heavy atom. The normalized spacial score (nSPS) is 21.4. The molecule has 1 aliphatic heterocycles. The maximum atomic E-state index is 13.2. The van der Waals surface area contributed by atoms with Gasteiger partial charge in [-0.25, -0.2) is 9.46 Å². The summed E-state index contributed by atoms with van der Waals surface area (Å²) in [7, 11) is -3.50. The molecule has 0 bridgehead atoms. The van der Waals surface area contributed by atoms with Crippen LogP contribution in [0.4, 0.5) is 10.5 Å². The lowest BCUT2D eigenvalue weighted by Gasteiger charge is -2.33. The molecule has 3 rings (SSSR count). The maximum absolute atomic E-state index is 13.2. The van der Waals surface area contributed by atoms with Crippen molar-refractivity contribution in [3.05, 3.63) is 60.3 Å². The van der Waals surface area contributed by atoms with Gasteiger partial charge in [-0.15, -0.1) is 0 Å². The number of nitrogens with one attached hydrogen (secondary N) is 1. The number of hydrogen-bond donors (Lipinski definition) is 1. The predicted molar refractivity (Wildman–Crippen MR) is 83.4 cm³/mol. The first kappa shape index (κ1) is 14.6. The van der Waals surface area contributed by atoms with Crippen molar-refractivity contribution in [1.82, 2.24) is 5.32 Å². The van der Waals surface area contributed by atoms with Gasteiger partial charge in [0.1, 0.15) is 0 Å². The van der Waals surface area contributed by atoms with Crippen LogP contribution >= 0.6 is 7.52 Å². The summed E-state index contributed by atoms with van der Waals surface area (Å²) >= 11 is 0. The molecule has 1 aromatic carbocycles. The zero-order valence-corrected chi connectivity index (χ0v) is 12.8. The fraction of sp³-hybridized carbons (Fsp3) is 0.133. The van der Waals surface area contributed by atoms with E-state index in [1.54, 1.807) is 43.3 Å². The molecule has 0 fully saturated rings. The van der Waals surface area contributed by atoms with Gasteiger partial charge in [0.05, 0.1) is 24.3 Å². The summed E-state index contributed by atoms with van der Waals surface area (Å²) < 4.78 is 25.1. The number of carbonyl (C=O) groups is 1. The van der Waals surface area contributed by atoms with Gasteiger partial charge in [0, 0.05) is 5.82 Å². The van der Waals surface area contributed by atoms with E-state index in [1.807, 2.05) is 6.07 Å². The van der Waals surface area contributed by atoms with Crippen LogP contribution in [0.5, 0.6) is 0 Å². The maximum Gasteiger partial charge on any atom is 0.334 e. The Labute approximate surface area is 127 Å². The third-order valence-corrected chi connectivity index (χ3v) is 5.29. The van der Waals surface area contributed by atoms with Crippen LogP contribution in [0.1, 0.15) is 12.7 Å². The van der Waals surface area contributed by atoms with Crippen LogP contribution in [-0.2, 0) is 9.09 Å². The van der Waals surface area contributed by atoms with Crippen LogP contribution in [0, 0.1) is 0 Å². The van der Waals surface area contributed by atoms with Gasteiger partial charge in [-0.1, -0.05) is 18.2 Å². The van der Waals surface area contributed by atoms with Crippen molar-refractivity contribution in [2.24, 2.45) is 0 Å². The Morgan fingerprint density at radius 1 is 1.23 bits per heavy atom. The first-order valence-corrected chi connectivity index (χ1v) is 8.46. The van der Waals surface area contributed by atoms with Crippen LogP contribution in [-0.4, -0.2) is 12.6 Å². The van der Waals surface area contributed by atoms with Gasteiger partial charge < -0.3 is 14.3 Å². The van der Waals surface area contributed by atoms with E-state index in [0.29, 0.717) is 17.1 Å². The fourth-order valence-corrected chi connectivity index (χ4v) is 4.18. The van der Waals surface area contributed by atoms with E-state index in [9.17, 15) is 9.36 Å². The Hall–Kier alpha value is -2.30. The summed E-state index contributed by atoms with van der Waals surface area (Å²) in [6.07, 6.45) is 1.48. The van der Waals surface area contributed by atoms with E-state index in [4.69, 9.17) is 8.94 Å². The minimum atomic E-state index is -3.50. The summed E-state index contributed by atoms with van der Waals surface area (Å²) in [5.74, 6) is 1.85. The molecule has 0 aliphatic carbocycles. The van der Waals surface area contributed by atoms with Gasteiger partial charge in [-0.3, -0.25) is 4.57 Å². The summed E-state index contributed by atoms with van der Waals surface area (Å²) in [5, 5.41) is 2.68. The second-order valence-corrected chi connectivity index (χ2v) is 6.62. The van der Waals surface area contributed by atoms with Crippen molar-refractivity contribution in [2.45, 2.75) is 6.92 Å². The Kier molecular flexibility index (Phi) is 3.88. The lowest BCUT2D eigenvalue weighted by molar-refractivity contribution is 0.250. The zero-order chi connectivity index (χ0) is 15.6. The number of amides is 2. The number of urea groups is 1. The molecule has 2 heterocycles. The minimum absolute atomic E-state index is 0.218. The summed E-state index contributed by atoms with van der Waals surface area (Å²) in [5.41, 5.74) is 0.852. The molecule has 2 aromatic rings. The first-order valence-electron chi connectivity index (χ1n) is 6.81. The lowest BCUT2D eigenvalue weighted by Crippen LogP contribution is -2.40. The van der Waals surface area contributed by atoms with Crippen molar-refractivity contribution in [2.75, 3.05) is 11.3 Å². The fourth-order valence-electron chi connectivity index (χ4n) is 2.23. The second-order valence-electron chi connectivity index (χ2n) is 4.58. The molecule has 114 valence electrons. The highest BCUT2D eigenvalue weighted by atomic mass is 31.2. The van der Waals surface area contributed by atoms with Crippen LogP contribution in [0.15, 0.2) is 59.0 Å². The highest BCUT2D eigenvalue weighted by molar-refractivity contribution is 7.65. The van der Waals surface area contributed by atoms with Crippen LogP contribution < -0.4 is 9.99 Å². The van der Waals surface area contributed by atoms with Crippen LogP contribution in [0.25, 0.3) is 5.70 Å². The van der Waals surface area contributed by atoms with E-state index in [2.05, 4.69) is 5.32 Å². The second kappa shape index (κ2) is 5.83. The van der Waals surface area contributed by atoms with E-state index < -0.39 is 13.6 Å². The number of carbonyl (C=O) groups excluding carboxylic acids is 1.